The first-order chi connectivity index (χ1) is 13.8. The van der Waals surface area contributed by atoms with Crippen LogP contribution in [0.4, 0.5) is 4.79 Å². The third-order valence-corrected chi connectivity index (χ3v) is 5.31. The van der Waals surface area contributed by atoms with Gasteiger partial charge in [-0.2, -0.15) is 5.21 Å². The molecule has 2 aromatic carbocycles. The second-order valence-electron chi connectivity index (χ2n) is 6.24. The number of ether oxygens (including phenoxy) is 1. The maximum absolute atomic E-state index is 12.0. The van der Waals surface area contributed by atoms with Crippen LogP contribution in [0.2, 0.25) is 0 Å². The summed E-state index contributed by atoms with van der Waals surface area (Å²) in [5.74, 6) is -0.400. The number of carbonyl (C=O) groups is 2. The van der Waals surface area contributed by atoms with Crippen LogP contribution < -0.4 is 10.5 Å². The van der Waals surface area contributed by atoms with Crippen LogP contribution in [0.15, 0.2) is 47.4 Å². The van der Waals surface area contributed by atoms with E-state index in [9.17, 15) is 18.0 Å². The number of primary sulfonamides is 1. The van der Waals surface area contributed by atoms with Crippen molar-refractivity contribution in [3.8, 4) is 22.5 Å². The molecule has 0 bridgehead atoms. The second-order valence-corrected chi connectivity index (χ2v) is 7.77. The third-order valence-electron chi connectivity index (χ3n) is 4.35. The number of cyclic esters (lactones) is 1. The maximum atomic E-state index is 12.0. The van der Waals surface area contributed by atoms with Crippen LogP contribution in [-0.4, -0.2) is 47.1 Å². The summed E-state index contributed by atoms with van der Waals surface area (Å²) in [5.41, 5.74) is 2.19. The standard InChI is InChI=1S/C17H14N6O5S/c18-29(26,27)13-3-1-2-11(14(13)15-20-22-23-21-15)10-6-4-9(5-7-10)8-12-16(24)19-17(25)28-12/h1-7,12H,8H2,(H2,18,26,27)(H,19,24,25)(H,20,21,22,23). The number of imide groups is 1. The summed E-state index contributed by atoms with van der Waals surface area (Å²) in [4.78, 5) is 22.6. The molecule has 12 heteroatoms. The van der Waals surface area contributed by atoms with Crippen molar-refractivity contribution in [3.63, 3.8) is 0 Å². The fraction of sp³-hybridized carbons (Fsp3) is 0.118. The van der Waals surface area contributed by atoms with Gasteiger partial charge in [0.1, 0.15) is 0 Å². The number of amides is 2. The van der Waals surface area contributed by atoms with Gasteiger partial charge in [0.2, 0.25) is 15.8 Å². The number of hydrogen-bond acceptors (Lipinski definition) is 8. The van der Waals surface area contributed by atoms with Gasteiger partial charge >= 0.3 is 6.09 Å². The van der Waals surface area contributed by atoms with Gasteiger partial charge in [0.05, 0.1) is 10.5 Å². The Labute approximate surface area is 164 Å². The van der Waals surface area contributed by atoms with E-state index in [1.165, 1.54) is 6.07 Å². The van der Waals surface area contributed by atoms with Crippen molar-refractivity contribution in [2.24, 2.45) is 5.14 Å². The summed E-state index contributed by atoms with van der Waals surface area (Å²) in [7, 11) is -4.04. The zero-order chi connectivity index (χ0) is 20.6. The number of hydrogen-bond donors (Lipinski definition) is 3. The lowest BCUT2D eigenvalue weighted by atomic mass is 9.97. The summed E-state index contributed by atoms with van der Waals surface area (Å²) in [5, 5.41) is 21.0. The summed E-state index contributed by atoms with van der Waals surface area (Å²) in [6, 6.07) is 11.6. The number of alkyl carbamates (subject to hydrolysis) is 1. The number of aromatic nitrogens is 4. The first kappa shape index (κ1) is 18.7. The average molecular weight is 414 g/mol. The molecule has 1 aromatic heterocycles. The highest BCUT2D eigenvalue weighted by molar-refractivity contribution is 7.89. The number of nitrogens with zero attached hydrogens (tertiary/aromatic N) is 3. The van der Waals surface area contributed by atoms with E-state index in [-0.39, 0.29) is 22.7 Å². The van der Waals surface area contributed by atoms with Crippen LogP contribution in [0.3, 0.4) is 0 Å². The Morgan fingerprint density at radius 3 is 2.45 bits per heavy atom. The fourth-order valence-corrected chi connectivity index (χ4v) is 3.82. The highest BCUT2D eigenvalue weighted by atomic mass is 32.2. The smallest absolute Gasteiger partial charge is 0.414 e. The molecule has 1 fully saturated rings. The summed E-state index contributed by atoms with van der Waals surface area (Å²) in [6.07, 6.45) is -1.43. The quantitative estimate of drug-likeness (QED) is 0.537. The first-order valence-corrected chi connectivity index (χ1v) is 9.88. The molecule has 0 radical (unpaired) electrons. The van der Waals surface area contributed by atoms with E-state index in [1.807, 2.05) is 0 Å². The lowest BCUT2D eigenvalue weighted by molar-refractivity contribution is -0.123. The van der Waals surface area contributed by atoms with Gasteiger partial charge in [-0.1, -0.05) is 36.4 Å². The van der Waals surface area contributed by atoms with Crippen molar-refractivity contribution in [2.75, 3.05) is 0 Å². The number of nitrogens with two attached hydrogens (primary N) is 1. The van der Waals surface area contributed by atoms with Gasteiger partial charge in [0.25, 0.3) is 5.91 Å². The largest absolute Gasteiger partial charge is 0.435 e. The van der Waals surface area contributed by atoms with Crippen molar-refractivity contribution >= 4 is 22.0 Å². The Kier molecular flexibility index (Phi) is 4.56. The van der Waals surface area contributed by atoms with Gasteiger partial charge in [0, 0.05) is 6.42 Å². The Morgan fingerprint density at radius 1 is 1.10 bits per heavy atom. The fourth-order valence-electron chi connectivity index (χ4n) is 3.07. The highest BCUT2D eigenvalue weighted by Crippen LogP contribution is 2.34. The van der Waals surface area contributed by atoms with Gasteiger partial charge in [-0.05, 0) is 28.0 Å². The lowest BCUT2D eigenvalue weighted by Gasteiger charge is -2.12. The molecule has 1 aliphatic heterocycles. The van der Waals surface area contributed by atoms with Crippen LogP contribution in [0.1, 0.15) is 5.56 Å². The molecule has 1 aliphatic rings. The molecular weight excluding hydrogens is 400 g/mol. The Balaban J connectivity index is 1.72. The normalized spacial score (nSPS) is 16.5. The number of carbonyl (C=O) groups excluding carboxylic acids is 2. The minimum absolute atomic E-state index is 0.0863. The van der Waals surface area contributed by atoms with E-state index >= 15 is 0 Å². The molecule has 1 unspecified atom stereocenters. The number of rotatable bonds is 5. The van der Waals surface area contributed by atoms with Gasteiger partial charge in [-0.15, -0.1) is 10.2 Å². The molecule has 148 valence electrons. The number of nitrogens with one attached hydrogen (secondary N) is 2. The third kappa shape index (κ3) is 3.70. The summed E-state index contributed by atoms with van der Waals surface area (Å²) < 4.78 is 29.0. The Hall–Kier alpha value is -3.64. The second kappa shape index (κ2) is 7.07. The first-order valence-electron chi connectivity index (χ1n) is 8.33. The van der Waals surface area contributed by atoms with Crippen molar-refractivity contribution in [3.05, 3.63) is 48.0 Å². The number of tetrazole rings is 1. The number of benzene rings is 2. The molecular formula is C17H14N6O5S. The van der Waals surface area contributed by atoms with Crippen LogP contribution in [0, 0.1) is 0 Å². The van der Waals surface area contributed by atoms with E-state index in [0.717, 1.165) is 5.56 Å². The molecule has 2 heterocycles. The Morgan fingerprint density at radius 2 is 1.86 bits per heavy atom. The monoisotopic (exact) mass is 414 g/mol. The molecule has 4 N–H and O–H groups in total. The summed E-state index contributed by atoms with van der Waals surface area (Å²) >= 11 is 0. The highest BCUT2D eigenvalue weighted by Gasteiger charge is 2.32. The minimum Gasteiger partial charge on any atom is -0.435 e. The van der Waals surface area contributed by atoms with E-state index in [0.29, 0.717) is 11.1 Å². The van der Waals surface area contributed by atoms with E-state index in [4.69, 9.17) is 9.88 Å². The zero-order valence-electron chi connectivity index (χ0n) is 14.7. The summed E-state index contributed by atoms with van der Waals surface area (Å²) in [6.45, 7) is 0. The van der Waals surface area contributed by atoms with Crippen molar-refractivity contribution in [2.45, 2.75) is 17.4 Å². The van der Waals surface area contributed by atoms with E-state index in [1.54, 1.807) is 36.4 Å². The van der Waals surface area contributed by atoms with Crippen LogP contribution in [0.25, 0.3) is 22.5 Å². The van der Waals surface area contributed by atoms with Gasteiger partial charge in [0.15, 0.2) is 6.10 Å². The molecule has 11 nitrogen and oxygen atoms in total. The van der Waals surface area contributed by atoms with Crippen molar-refractivity contribution in [1.82, 2.24) is 25.9 Å². The molecule has 0 saturated carbocycles. The average Bonchev–Trinajstić information content (AvgIpc) is 3.31. The maximum Gasteiger partial charge on any atom is 0.414 e. The van der Waals surface area contributed by atoms with Crippen LogP contribution >= 0.6 is 0 Å². The SMILES string of the molecule is NS(=O)(=O)c1cccc(-c2ccc(CC3OC(=O)NC3=O)cc2)c1-c1nn[nH]n1. The van der Waals surface area contributed by atoms with Crippen molar-refractivity contribution in [1.29, 1.82) is 0 Å². The number of H-pyrrole nitrogens is 1. The van der Waals surface area contributed by atoms with E-state index < -0.39 is 28.1 Å². The molecule has 1 saturated heterocycles. The van der Waals surface area contributed by atoms with Gasteiger partial charge in [-0.3, -0.25) is 10.1 Å². The molecule has 2 amide bonds. The lowest BCUT2D eigenvalue weighted by Crippen LogP contribution is -2.25. The Bertz CT molecular complexity index is 1190. The minimum atomic E-state index is -4.04. The molecule has 0 spiro atoms. The molecule has 0 aliphatic carbocycles. The molecule has 4 rings (SSSR count). The van der Waals surface area contributed by atoms with Gasteiger partial charge in [-0.25, -0.2) is 18.4 Å². The zero-order valence-corrected chi connectivity index (χ0v) is 15.5. The molecule has 29 heavy (non-hydrogen) atoms. The number of aromatic amines is 1. The van der Waals surface area contributed by atoms with Crippen LogP contribution in [0.5, 0.6) is 0 Å². The topological polar surface area (TPSA) is 170 Å². The predicted molar refractivity (Wildman–Crippen MR) is 98.5 cm³/mol. The predicted octanol–water partition coefficient (Wildman–Crippen LogP) is 0.359. The van der Waals surface area contributed by atoms with Gasteiger partial charge < -0.3 is 4.74 Å². The van der Waals surface area contributed by atoms with Crippen molar-refractivity contribution < 1.29 is 22.7 Å². The molecule has 3 aromatic rings. The molecule has 1 atom stereocenters. The number of sulfonamides is 1. The van der Waals surface area contributed by atoms with Crippen LogP contribution in [-0.2, 0) is 26.0 Å². The van der Waals surface area contributed by atoms with E-state index in [2.05, 4.69) is 25.9 Å².